The summed E-state index contributed by atoms with van der Waals surface area (Å²) in [6, 6.07) is 11.9. The number of hydrogen-bond donors (Lipinski definition) is 0. The van der Waals surface area contributed by atoms with Crippen LogP contribution in [0.2, 0.25) is 0 Å². The first-order chi connectivity index (χ1) is 14.1. The van der Waals surface area contributed by atoms with E-state index in [1.165, 1.54) is 41.2 Å². The second-order valence-corrected chi connectivity index (χ2v) is 8.08. The van der Waals surface area contributed by atoms with Crippen molar-refractivity contribution in [3.8, 4) is 0 Å². The number of halogens is 2. The molecular formula is C22H25ClFN3O2S. The molecule has 2 heterocycles. The molecule has 0 radical (unpaired) electrons. The highest BCUT2D eigenvalue weighted by Crippen LogP contribution is 2.30. The summed E-state index contributed by atoms with van der Waals surface area (Å²) >= 11 is 1.52. The van der Waals surface area contributed by atoms with Crippen molar-refractivity contribution >= 4 is 45.0 Å². The fourth-order valence-corrected chi connectivity index (χ4v) is 4.44. The van der Waals surface area contributed by atoms with E-state index < -0.39 is 0 Å². The van der Waals surface area contributed by atoms with Crippen molar-refractivity contribution in [1.29, 1.82) is 0 Å². The molecule has 0 N–H and O–H groups in total. The number of fused-ring (bicyclic) bond motifs is 1. The summed E-state index contributed by atoms with van der Waals surface area (Å²) in [6.45, 7) is 6.54. The van der Waals surface area contributed by atoms with Gasteiger partial charge in [0.25, 0.3) is 5.91 Å². The summed E-state index contributed by atoms with van der Waals surface area (Å²) in [6.07, 6.45) is 0.957. The molecule has 1 aliphatic rings. The zero-order valence-corrected chi connectivity index (χ0v) is 18.5. The summed E-state index contributed by atoms with van der Waals surface area (Å²) in [5.41, 5.74) is 2.60. The minimum Gasteiger partial charge on any atom is -0.379 e. The van der Waals surface area contributed by atoms with Gasteiger partial charge < -0.3 is 4.74 Å². The number of thiazole rings is 1. The van der Waals surface area contributed by atoms with Gasteiger partial charge in [-0.1, -0.05) is 24.3 Å². The van der Waals surface area contributed by atoms with Crippen LogP contribution in [0.5, 0.6) is 0 Å². The molecule has 30 heavy (non-hydrogen) atoms. The Bertz CT molecular complexity index is 990. The maximum atomic E-state index is 13.3. The molecule has 1 fully saturated rings. The van der Waals surface area contributed by atoms with Crippen molar-refractivity contribution in [3.63, 3.8) is 0 Å². The molecular weight excluding hydrogens is 425 g/mol. The van der Waals surface area contributed by atoms with Gasteiger partial charge >= 0.3 is 0 Å². The lowest BCUT2D eigenvalue weighted by atomic mass is 10.2. The second kappa shape index (κ2) is 10.3. The molecule has 8 heteroatoms. The van der Waals surface area contributed by atoms with Gasteiger partial charge in [0.05, 0.1) is 23.4 Å². The maximum absolute atomic E-state index is 13.3. The van der Waals surface area contributed by atoms with Crippen molar-refractivity contribution < 1.29 is 13.9 Å². The normalized spacial score (nSPS) is 14.5. The van der Waals surface area contributed by atoms with Crippen LogP contribution in [0.25, 0.3) is 10.2 Å². The van der Waals surface area contributed by atoms with Gasteiger partial charge in [-0.3, -0.25) is 14.6 Å². The topological polar surface area (TPSA) is 45.7 Å². The van der Waals surface area contributed by atoms with E-state index in [0.717, 1.165) is 36.3 Å². The predicted molar refractivity (Wildman–Crippen MR) is 122 cm³/mol. The molecule has 1 amide bonds. The third kappa shape index (κ3) is 5.16. The SMILES string of the molecule is CCc1ccc2nc(N(CCN3CCOCC3)C(=O)c3ccc(F)cc3)sc2c1.Cl. The summed E-state index contributed by atoms with van der Waals surface area (Å²) in [5, 5.41) is 0.677. The molecule has 5 nitrogen and oxygen atoms in total. The van der Waals surface area contributed by atoms with E-state index in [2.05, 4.69) is 24.0 Å². The van der Waals surface area contributed by atoms with Crippen LogP contribution in [0, 0.1) is 5.82 Å². The highest BCUT2D eigenvalue weighted by atomic mass is 35.5. The Hall–Kier alpha value is -2.06. The van der Waals surface area contributed by atoms with Crippen LogP contribution < -0.4 is 4.90 Å². The van der Waals surface area contributed by atoms with Crippen LogP contribution in [0.15, 0.2) is 42.5 Å². The van der Waals surface area contributed by atoms with Gasteiger partial charge in [-0.05, 0) is 48.4 Å². The Kier molecular flexibility index (Phi) is 7.77. The molecule has 1 aromatic heterocycles. The van der Waals surface area contributed by atoms with Crippen molar-refractivity contribution in [3.05, 3.63) is 59.4 Å². The number of aryl methyl sites for hydroxylation is 1. The first kappa shape index (κ1) is 22.6. The maximum Gasteiger partial charge on any atom is 0.260 e. The highest BCUT2D eigenvalue weighted by Gasteiger charge is 2.23. The molecule has 0 bridgehead atoms. The van der Waals surface area contributed by atoms with E-state index in [-0.39, 0.29) is 24.1 Å². The first-order valence-electron chi connectivity index (χ1n) is 9.91. The fourth-order valence-electron chi connectivity index (χ4n) is 3.39. The summed E-state index contributed by atoms with van der Waals surface area (Å²) < 4.78 is 19.8. The van der Waals surface area contributed by atoms with E-state index in [4.69, 9.17) is 9.72 Å². The fraction of sp³-hybridized carbons (Fsp3) is 0.364. The second-order valence-electron chi connectivity index (χ2n) is 7.07. The summed E-state index contributed by atoms with van der Waals surface area (Å²) in [5.74, 6) is -0.512. The number of hydrogen-bond acceptors (Lipinski definition) is 5. The van der Waals surface area contributed by atoms with E-state index >= 15 is 0 Å². The lowest BCUT2D eigenvalue weighted by Crippen LogP contribution is -2.43. The van der Waals surface area contributed by atoms with Gasteiger partial charge in [0.2, 0.25) is 0 Å². The number of carbonyl (C=O) groups is 1. The molecule has 0 unspecified atom stereocenters. The number of rotatable bonds is 6. The lowest BCUT2D eigenvalue weighted by molar-refractivity contribution is 0.0391. The molecule has 2 aromatic carbocycles. The van der Waals surface area contributed by atoms with Crippen molar-refractivity contribution in [1.82, 2.24) is 9.88 Å². The molecule has 1 saturated heterocycles. The number of aromatic nitrogens is 1. The Morgan fingerprint density at radius 3 is 2.63 bits per heavy atom. The summed E-state index contributed by atoms with van der Waals surface area (Å²) in [4.78, 5) is 22.0. The molecule has 0 atom stereocenters. The Labute approximate surface area is 185 Å². The van der Waals surface area contributed by atoms with Crippen LogP contribution in [-0.2, 0) is 11.2 Å². The van der Waals surface area contributed by atoms with Crippen LogP contribution in [0.1, 0.15) is 22.8 Å². The number of benzene rings is 2. The number of carbonyl (C=O) groups excluding carboxylic acids is 1. The van der Waals surface area contributed by atoms with Gasteiger partial charge in [0, 0.05) is 31.7 Å². The molecule has 0 aliphatic carbocycles. The zero-order valence-electron chi connectivity index (χ0n) is 16.8. The van der Waals surface area contributed by atoms with Gasteiger partial charge in [0.1, 0.15) is 5.82 Å². The molecule has 4 rings (SSSR count). The van der Waals surface area contributed by atoms with E-state index in [1.807, 2.05) is 6.07 Å². The van der Waals surface area contributed by atoms with Gasteiger partial charge in [0.15, 0.2) is 5.13 Å². The van der Waals surface area contributed by atoms with Crippen molar-refractivity contribution in [2.24, 2.45) is 0 Å². The Morgan fingerprint density at radius 2 is 1.93 bits per heavy atom. The number of morpholine rings is 1. The van der Waals surface area contributed by atoms with Gasteiger partial charge in [-0.25, -0.2) is 9.37 Å². The first-order valence-corrected chi connectivity index (χ1v) is 10.7. The number of ether oxygens (including phenoxy) is 1. The third-order valence-electron chi connectivity index (χ3n) is 5.16. The molecule has 1 aliphatic heterocycles. The average molecular weight is 450 g/mol. The van der Waals surface area contributed by atoms with E-state index in [0.29, 0.717) is 30.5 Å². The van der Waals surface area contributed by atoms with E-state index in [1.54, 1.807) is 4.90 Å². The Balaban J connectivity index is 0.00000256. The van der Waals surface area contributed by atoms with Crippen molar-refractivity contribution in [2.75, 3.05) is 44.3 Å². The molecule has 0 spiro atoms. The minimum atomic E-state index is -0.353. The summed E-state index contributed by atoms with van der Waals surface area (Å²) in [7, 11) is 0. The number of nitrogens with zero attached hydrogens (tertiary/aromatic N) is 3. The zero-order chi connectivity index (χ0) is 20.2. The Morgan fingerprint density at radius 1 is 1.20 bits per heavy atom. The standard InChI is InChI=1S/C22H24FN3O2S.ClH/c1-2-16-3-8-19-20(15-16)29-22(24-19)26(10-9-25-11-13-28-14-12-25)21(27)17-4-6-18(23)7-5-17;/h3-8,15H,2,9-14H2,1H3;1H. The van der Waals surface area contributed by atoms with Crippen LogP contribution >= 0.6 is 23.7 Å². The number of anilines is 1. The smallest absolute Gasteiger partial charge is 0.260 e. The van der Waals surface area contributed by atoms with Crippen molar-refractivity contribution in [2.45, 2.75) is 13.3 Å². The molecule has 3 aromatic rings. The quantitative estimate of drug-likeness (QED) is 0.559. The van der Waals surface area contributed by atoms with Crippen LogP contribution in [-0.4, -0.2) is 55.2 Å². The van der Waals surface area contributed by atoms with Crippen LogP contribution in [0.4, 0.5) is 9.52 Å². The highest BCUT2D eigenvalue weighted by molar-refractivity contribution is 7.22. The monoisotopic (exact) mass is 449 g/mol. The van der Waals surface area contributed by atoms with Gasteiger partial charge in [-0.2, -0.15) is 0 Å². The lowest BCUT2D eigenvalue weighted by Gasteiger charge is -2.29. The number of amides is 1. The average Bonchev–Trinajstić information content (AvgIpc) is 3.17. The predicted octanol–water partition coefficient (Wildman–Crippen LogP) is 4.40. The molecule has 0 saturated carbocycles. The van der Waals surface area contributed by atoms with E-state index in [9.17, 15) is 9.18 Å². The van der Waals surface area contributed by atoms with Crippen LogP contribution in [0.3, 0.4) is 0 Å². The largest absolute Gasteiger partial charge is 0.379 e. The van der Waals surface area contributed by atoms with Gasteiger partial charge in [-0.15, -0.1) is 12.4 Å². The molecule has 160 valence electrons. The third-order valence-corrected chi connectivity index (χ3v) is 6.20. The minimum absolute atomic E-state index is 0.